The molecule has 0 saturated heterocycles. The van der Waals surface area contributed by atoms with Gasteiger partial charge in [0, 0.05) is 10.9 Å². The van der Waals surface area contributed by atoms with Crippen LogP contribution in [0.2, 0.25) is 0 Å². The van der Waals surface area contributed by atoms with E-state index in [1.165, 1.54) is 11.3 Å². The highest BCUT2D eigenvalue weighted by atomic mass is 32.1. The molecule has 23 heavy (non-hydrogen) atoms. The van der Waals surface area contributed by atoms with Crippen molar-refractivity contribution in [2.24, 2.45) is 0 Å². The van der Waals surface area contributed by atoms with Crippen LogP contribution in [0.4, 0.5) is 5.69 Å². The Kier molecular flexibility index (Phi) is 4.73. The van der Waals surface area contributed by atoms with Crippen molar-refractivity contribution in [3.63, 3.8) is 0 Å². The molecule has 1 amide bonds. The Morgan fingerprint density at radius 2 is 2.13 bits per heavy atom. The van der Waals surface area contributed by atoms with Crippen molar-refractivity contribution in [2.75, 3.05) is 11.9 Å². The number of carbonyl (C=O) groups excluding carboxylic acids is 1. The Hall–Kier alpha value is -2.18. The summed E-state index contributed by atoms with van der Waals surface area (Å²) < 4.78 is 5.54. The smallest absolute Gasteiger partial charge is 0.267 e. The fraction of sp³-hybridized carbons (Fsp3) is 0.176. The molecule has 0 radical (unpaired) electrons. The van der Waals surface area contributed by atoms with Gasteiger partial charge in [-0.1, -0.05) is 12.1 Å². The summed E-state index contributed by atoms with van der Waals surface area (Å²) in [5.74, 6) is 0.511. The van der Waals surface area contributed by atoms with Crippen molar-refractivity contribution in [1.82, 2.24) is 4.98 Å². The van der Waals surface area contributed by atoms with Crippen LogP contribution in [0, 0.1) is 6.92 Å². The van der Waals surface area contributed by atoms with E-state index in [9.17, 15) is 4.79 Å². The lowest BCUT2D eigenvalue weighted by Crippen LogP contribution is -2.12. The molecule has 0 saturated carbocycles. The summed E-state index contributed by atoms with van der Waals surface area (Å²) in [5, 5.41) is 7.82. The standard InChI is InChI=1S/C17H16N2O2S2/c1-3-21-14-7-5-4-6-13(14)19-16(20)15-11(2)18-17(23-15)12-8-9-22-10-12/h4-10H,3H2,1-2H3,(H,19,20). The van der Waals surface area contributed by atoms with Crippen LogP contribution in [0.25, 0.3) is 10.6 Å². The third-order valence-corrected chi connectivity index (χ3v) is 5.09. The predicted molar refractivity (Wildman–Crippen MR) is 95.7 cm³/mol. The van der Waals surface area contributed by atoms with Crippen LogP contribution in [0.3, 0.4) is 0 Å². The second-order valence-electron chi connectivity index (χ2n) is 4.83. The van der Waals surface area contributed by atoms with E-state index in [1.807, 2.05) is 54.9 Å². The molecule has 2 aromatic heterocycles. The molecule has 118 valence electrons. The number of carbonyl (C=O) groups is 1. The largest absolute Gasteiger partial charge is 0.492 e. The Labute approximate surface area is 142 Å². The van der Waals surface area contributed by atoms with Crippen LogP contribution in [0.15, 0.2) is 41.1 Å². The number of benzene rings is 1. The predicted octanol–water partition coefficient (Wildman–Crippen LogP) is 4.83. The van der Waals surface area contributed by atoms with E-state index in [-0.39, 0.29) is 5.91 Å². The molecule has 0 bridgehead atoms. The number of aromatic nitrogens is 1. The molecule has 0 unspecified atom stereocenters. The summed E-state index contributed by atoms with van der Waals surface area (Å²) >= 11 is 3.02. The average molecular weight is 344 g/mol. The number of ether oxygens (including phenoxy) is 1. The lowest BCUT2D eigenvalue weighted by Gasteiger charge is -2.10. The molecule has 4 nitrogen and oxygen atoms in total. The third kappa shape index (κ3) is 3.43. The number of amides is 1. The number of thiazole rings is 1. The zero-order valence-electron chi connectivity index (χ0n) is 12.8. The number of aryl methyl sites for hydroxylation is 1. The molecule has 0 atom stereocenters. The molecule has 6 heteroatoms. The van der Waals surface area contributed by atoms with Gasteiger partial charge in [-0.25, -0.2) is 4.98 Å². The van der Waals surface area contributed by atoms with E-state index in [2.05, 4.69) is 10.3 Å². The minimum absolute atomic E-state index is 0.159. The molecule has 3 rings (SSSR count). The van der Waals surface area contributed by atoms with E-state index >= 15 is 0 Å². The lowest BCUT2D eigenvalue weighted by molar-refractivity contribution is 0.102. The summed E-state index contributed by atoms with van der Waals surface area (Å²) in [5.41, 5.74) is 2.46. The minimum Gasteiger partial charge on any atom is -0.492 e. The number of hydrogen-bond acceptors (Lipinski definition) is 5. The van der Waals surface area contributed by atoms with Crippen LogP contribution in [-0.2, 0) is 0 Å². The van der Waals surface area contributed by atoms with Gasteiger partial charge in [-0.2, -0.15) is 11.3 Å². The zero-order valence-corrected chi connectivity index (χ0v) is 14.5. The van der Waals surface area contributed by atoms with Crippen molar-refractivity contribution >= 4 is 34.3 Å². The fourth-order valence-corrected chi connectivity index (χ4v) is 3.82. The maximum Gasteiger partial charge on any atom is 0.267 e. The quantitative estimate of drug-likeness (QED) is 0.721. The van der Waals surface area contributed by atoms with Crippen LogP contribution >= 0.6 is 22.7 Å². The topological polar surface area (TPSA) is 51.2 Å². The molecule has 0 aliphatic carbocycles. The van der Waals surface area contributed by atoms with E-state index < -0.39 is 0 Å². The van der Waals surface area contributed by atoms with Crippen molar-refractivity contribution < 1.29 is 9.53 Å². The first kappa shape index (κ1) is 15.7. The molecule has 0 fully saturated rings. The Morgan fingerprint density at radius 1 is 1.30 bits per heavy atom. The Bertz CT molecular complexity index is 810. The highest BCUT2D eigenvalue weighted by Crippen LogP contribution is 2.31. The monoisotopic (exact) mass is 344 g/mol. The van der Waals surface area contributed by atoms with Crippen molar-refractivity contribution in [3.05, 3.63) is 51.7 Å². The number of nitrogens with one attached hydrogen (secondary N) is 1. The first-order valence-corrected chi connectivity index (χ1v) is 8.98. The average Bonchev–Trinajstić information content (AvgIpc) is 3.18. The van der Waals surface area contributed by atoms with Gasteiger partial charge in [0.2, 0.25) is 0 Å². The summed E-state index contributed by atoms with van der Waals surface area (Å²) in [6.45, 7) is 4.32. The van der Waals surface area contributed by atoms with Gasteiger partial charge in [0.1, 0.15) is 15.6 Å². The van der Waals surface area contributed by atoms with Gasteiger partial charge in [-0.3, -0.25) is 4.79 Å². The number of hydrogen-bond donors (Lipinski definition) is 1. The molecular weight excluding hydrogens is 328 g/mol. The van der Waals surface area contributed by atoms with Gasteiger partial charge in [0.25, 0.3) is 5.91 Å². The maximum absolute atomic E-state index is 12.6. The van der Waals surface area contributed by atoms with Gasteiger partial charge in [0.05, 0.1) is 18.0 Å². The van der Waals surface area contributed by atoms with Crippen LogP contribution in [0.1, 0.15) is 22.3 Å². The number of nitrogens with zero attached hydrogens (tertiary/aromatic N) is 1. The summed E-state index contributed by atoms with van der Waals surface area (Å²) in [7, 11) is 0. The van der Waals surface area contributed by atoms with Gasteiger partial charge in [0.15, 0.2) is 0 Å². The van der Waals surface area contributed by atoms with Crippen LogP contribution in [-0.4, -0.2) is 17.5 Å². The first-order valence-electron chi connectivity index (χ1n) is 7.22. The number of anilines is 1. The number of para-hydroxylation sites is 2. The van der Waals surface area contributed by atoms with Crippen molar-refractivity contribution in [1.29, 1.82) is 0 Å². The van der Waals surface area contributed by atoms with Crippen LogP contribution in [0.5, 0.6) is 5.75 Å². The SMILES string of the molecule is CCOc1ccccc1NC(=O)c1sc(-c2ccsc2)nc1C. The third-order valence-electron chi connectivity index (χ3n) is 3.21. The van der Waals surface area contributed by atoms with Crippen molar-refractivity contribution in [3.8, 4) is 16.3 Å². The second-order valence-corrected chi connectivity index (χ2v) is 6.61. The minimum atomic E-state index is -0.159. The van der Waals surface area contributed by atoms with Gasteiger partial charge < -0.3 is 10.1 Å². The van der Waals surface area contributed by atoms with Crippen molar-refractivity contribution in [2.45, 2.75) is 13.8 Å². The molecule has 0 aliphatic rings. The molecule has 0 aliphatic heterocycles. The lowest BCUT2D eigenvalue weighted by atomic mass is 10.2. The first-order chi connectivity index (χ1) is 11.2. The highest BCUT2D eigenvalue weighted by molar-refractivity contribution is 7.17. The summed E-state index contributed by atoms with van der Waals surface area (Å²) in [6, 6.07) is 9.44. The van der Waals surface area contributed by atoms with E-state index in [0.29, 0.717) is 22.9 Å². The fourth-order valence-electron chi connectivity index (χ4n) is 2.15. The number of thiophene rings is 1. The van der Waals surface area contributed by atoms with E-state index in [1.54, 1.807) is 11.3 Å². The molecule has 1 N–H and O–H groups in total. The highest BCUT2D eigenvalue weighted by Gasteiger charge is 2.17. The Morgan fingerprint density at radius 3 is 2.87 bits per heavy atom. The summed E-state index contributed by atoms with van der Waals surface area (Å²) in [6.07, 6.45) is 0. The number of rotatable bonds is 5. The van der Waals surface area contributed by atoms with Gasteiger partial charge >= 0.3 is 0 Å². The maximum atomic E-state index is 12.6. The van der Waals surface area contributed by atoms with Gasteiger partial charge in [-0.15, -0.1) is 11.3 Å². The Balaban J connectivity index is 1.84. The van der Waals surface area contributed by atoms with E-state index in [4.69, 9.17) is 4.74 Å². The normalized spacial score (nSPS) is 10.5. The molecule has 3 aromatic rings. The second kappa shape index (κ2) is 6.93. The molecule has 0 spiro atoms. The molecule has 1 aromatic carbocycles. The molecular formula is C17H16N2O2S2. The van der Waals surface area contributed by atoms with Gasteiger partial charge in [-0.05, 0) is 37.4 Å². The summed E-state index contributed by atoms with van der Waals surface area (Å²) in [4.78, 5) is 17.7. The van der Waals surface area contributed by atoms with Crippen LogP contribution < -0.4 is 10.1 Å². The molecule has 2 heterocycles. The van der Waals surface area contributed by atoms with E-state index in [0.717, 1.165) is 16.3 Å². The zero-order chi connectivity index (χ0) is 16.2.